The van der Waals surface area contributed by atoms with Gasteiger partial charge in [-0.05, 0) is 31.9 Å². The Morgan fingerprint density at radius 3 is 2.64 bits per heavy atom. The van der Waals surface area contributed by atoms with Crippen molar-refractivity contribution < 1.29 is 9.59 Å². The average molecular weight is 397 g/mol. The molecular formula is C21H24N4O2S. The number of aromatic nitrogens is 2. The van der Waals surface area contributed by atoms with E-state index in [1.807, 2.05) is 18.4 Å². The highest BCUT2D eigenvalue weighted by atomic mass is 32.1. The smallest absolute Gasteiger partial charge is 0.227 e. The Labute approximate surface area is 169 Å². The number of anilines is 1. The Bertz CT molecular complexity index is 902. The number of thiazole rings is 1. The molecule has 3 rings (SSSR count). The van der Waals surface area contributed by atoms with Crippen molar-refractivity contribution in [2.45, 2.75) is 57.9 Å². The molecule has 2 amide bonds. The quantitative estimate of drug-likeness (QED) is 0.777. The maximum absolute atomic E-state index is 12.6. The summed E-state index contributed by atoms with van der Waals surface area (Å²) in [6, 6.07) is 3.55. The molecule has 0 radical (unpaired) electrons. The van der Waals surface area contributed by atoms with Crippen molar-refractivity contribution in [2.75, 3.05) is 5.32 Å². The summed E-state index contributed by atoms with van der Waals surface area (Å²) in [6.45, 7) is 3.38. The average Bonchev–Trinajstić information content (AvgIpc) is 3.06. The largest absolute Gasteiger partial charge is 0.339 e. The summed E-state index contributed by atoms with van der Waals surface area (Å²) in [5, 5.41) is 8.70. The molecule has 2 N–H and O–H groups in total. The molecule has 0 aliphatic heterocycles. The first-order valence-electron chi connectivity index (χ1n) is 9.43. The molecule has 146 valence electrons. The molecule has 1 aliphatic rings. The van der Waals surface area contributed by atoms with Crippen molar-refractivity contribution in [3.63, 3.8) is 0 Å². The first-order valence-corrected chi connectivity index (χ1v) is 10.3. The molecule has 1 fully saturated rings. The zero-order valence-electron chi connectivity index (χ0n) is 16.2. The van der Waals surface area contributed by atoms with Gasteiger partial charge in [-0.1, -0.05) is 31.1 Å². The Balaban J connectivity index is 1.72. The molecule has 1 aliphatic carbocycles. The van der Waals surface area contributed by atoms with Crippen LogP contribution >= 0.6 is 11.3 Å². The molecule has 0 atom stereocenters. The van der Waals surface area contributed by atoms with E-state index in [1.54, 1.807) is 23.6 Å². The van der Waals surface area contributed by atoms with E-state index in [2.05, 4.69) is 32.4 Å². The minimum Gasteiger partial charge on any atom is -0.339 e. The lowest BCUT2D eigenvalue weighted by molar-refractivity contribution is -0.122. The highest BCUT2D eigenvalue weighted by molar-refractivity contribution is 7.09. The fourth-order valence-electron chi connectivity index (χ4n) is 3.32. The van der Waals surface area contributed by atoms with E-state index in [0.29, 0.717) is 5.82 Å². The third-order valence-electron chi connectivity index (χ3n) is 4.61. The molecule has 0 unspecified atom stereocenters. The standard InChI is InChI=1S/C21H24N4O2S/c1-15(26)23-19-7-6-17(13-22-19)8-11-21(9-4-3-5-10-21)25-20(27)12-18-14-28-16(2)24-18/h6-7,13-14H,3-5,9-10,12H2,1-2H3,(H,25,27)(H,22,23,26). The molecule has 0 saturated heterocycles. The second kappa shape index (κ2) is 8.98. The van der Waals surface area contributed by atoms with Crippen LogP contribution in [0.2, 0.25) is 0 Å². The third kappa shape index (κ3) is 5.64. The van der Waals surface area contributed by atoms with Gasteiger partial charge in [0.25, 0.3) is 0 Å². The SMILES string of the molecule is CC(=O)Nc1ccc(C#CC2(NC(=O)Cc3csc(C)n3)CCCCC2)cn1. The van der Waals surface area contributed by atoms with Gasteiger partial charge in [0.15, 0.2) is 0 Å². The van der Waals surface area contributed by atoms with Gasteiger partial charge in [-0.15, -0.1) is 11.3 Å². The Morgan fingerprint density at radius 2 is 2.04 bits per heavy atom. The normalized spacial score (nSPS) is 15.2. The molecule has 7 heteroatoms. The summed E-state index contributed by atoms with van der Waals surface area (Å²) < 4.78 is 0. The van der Waals surface area contributed by atoms with Gasteiger partial charge < -0.3 is 10.6 Å². The first kappa shape index (κ1) is 20.0. The van der Waals surface area contributed by atoms with Crippen molar-refractivity contribution in [3.8, 4) is 11.8 Å². The molecule has 0 aromatic carbocycles. The lowest BCUT2D eigenvalue weighted by atomic mass is 9.82. The van der Waals surface area contributed by atoms with Gasteiger partial charge in [-0.25, -0.2) is 9.97 Å². The van der Waals surface area contributed by atoms with Crippen LogP contribution in [-0.4, -0.2) is 27.3 Å². The predicted molar refractivity (Wildman–Crippen MR) is 110 cm³/mol. The maximum atomic E-state index is 12.6. The van der Waals surface area contributed by atoms with Crippen LogP contribution in [0.25, 0.3) is 0 Å². The first-order chi connectivity index (χ1) is 13.4. The van der Waals surface area contributed by atoms with E-state index >= 15 is 0 Å². The van der Waals surface area contributed by atoms with Crippen LogP contribution in [0.3, 0.4) is 0 Å². The van der Waals surface area contributed by atoms with Gasteiger partial charge >= 0.3 is 0 Å². The molecule has 0 bridgehead atoms. The van der Waals surface area contributed by atoms with E-state index in [4.69, 9.17) is 0 Å². The number of hydrogen-bond donors (Lipinski definition) is 2. The summed E-state index contributed by atoms with van der Waals surface area (Å²) >= 11 is 1.55. The number of amides is 2. The van der Waals surface area contributed by atoms with Gasteiger partial charge in [0.05, 0.1) is 17.1 Å². The number of carbonyl (C=O) groups is 2. The summed E-state index contributed by atoms with van der Waals surface area (Å²) in [5.41, 5.74) is 1.05. The van der Waals surface area contributed by atoms with Crippen LogP contribution in [0.1, 0.15) is 55.3 Å². The second-order valence-electron chi connectivity index (χ2n) is 7.09. The number of hydrogen-bond acceptors (Lipinski definition) is 5. The van der Waals surface area contributed by atoms with Gasteiger partial charge in [-0.3, -0.25) is 9.59 Å². The van der Waals surface area contributed by atoms with E-state index in [-0.39, 0.29) is 18.2 Å². The van der Waals surface area contributed by atoms with Crippen molar-refractivity contribution >= 4 is 29.0 Å². The Morgan fingerprint density at radius 1 is 1.25 bits per heavy atom. The minimum absolute atomic E-state index is 0.0411. The van der Waals surface area contributed by atoms with Crippen LogP contribution < -0.4 is 10.6 Å². The summed E-state index contributed by atoms with van der Waals surface area (Å²) in [6.07, 6.45) is 6.86. The predicted octanol–water partition coefficient (Wildman–Crippen LogP) is 3.22. The highest BCUT2D eigenvalue weighted by Gasteiger charge is 2.31. The number of nitrogens with one attached hydrogen (secondary N) is 2. The second-order valence-corrected chi connectivity index (χ2v) is 8.15. The molecule has 2 heterocycles. The summed E-state index contributed by atoms with van der Waals surface area (Å²) in [4.78, 5) is 32.2. The lowest BCUT2D eigenvalue weighted by Crippen LogP contribution is -2.49. The van der Waals surface area contributed by atoms with Crippen molar-refractivity contribution in [1.29, 1.82) is 0 Å². The zero-order chi connectivity index (χ0) is 20.0. The maximum Gasteiger partial charge on any atom is 0.227 e. The molecule has 28 heavy (non-hydrogen) atoms. The van der Waals surface area contributed by atoms with Crippen molar-refractivity contribution in [3.05, 3.63) is 40.0 Å². The highest BCUT2D eigenvalue weighted by Crippen LogP contribution is 2.28. The summed E-state index contributed by atoms with van der Waals surface area (Å²) in [5.74, 6) is 6.76. The van der Waals surface area contributed by atoms with Crippen LogP contribution in [0, 0.1) is 18.8 Å². The van der Waals surface area contributed by atoms with E-state index in [1.165, 1.54) is 6.92 Å². The fourth-order valence-corrected chi connectivity index (χ4v) is 3.93. The number of nitrogens with zero attached hydrogens (tertiary/aromatic N) is 2. The van der Waals surface area contributed by atoms with E-state index in [9.17, 15) is 9.59 Å². The number of rotatable bonds is 4. The topological polar surface area (TPSA) is 84.0 Å². The fraction of sp³-hybridized carbons (Fsp3) is 0.429. The molecule has 6 nitrogen and oxygen atoms in total. The number of pyridine rings is 1. The van der Waals surface area contributed by atoms with Crippen LogP contribution in [0.4, 0.5) is 5.82 Å². The van der Waals surface area contributed by atoms with E-state index in [0.717, 1.165) is 48.4 Å². The minimum atomic E-state index is -0.503. The molecule has 2 aromatic heterocycles. The van der Waals surface area contributed by atoms with Gasteiger partial charge in [0, 0.05) is 24.1 Å². The van der Waals surface area contributed by atoms with Gasteiger partial charge in [-0.2, -0.15) is 0 Å². The summed E-state index contributed by atoms with van der Waals surface area (Å²) in [7, 11) is 0. The van der Waals surface area contributed by atoms with Crippen LogP contribution in [0.15, 0.2) is 23.7 Å². The van der Waals surface area contributed by atoms with Crippen molar-refractivity contribution in [2.24, 2.45) is 0 Å². The third-order valence-corrected chi connectivity index (χ3v) is 5.43. The lowest BCUT2D eigenvalue weighted by Gasteiger charge is -2.33. The number of carbonyl (C=O) groups excluding carboxylic acids is 2. The van der Waals surface area contributed by atoms with E-state index < -0.39 is 5.54 Å². The molecular weight excluding hydrogens is 372 g/mol. The Kier molecular flexibility index (Phi) is 6.42. The zero-order valence-corrected chi connectivity index (χ0v) is 17.0. The molecule has 0 spiro atoms. The molecule has 1 saturated carbocycles. The van der Waals surface area contributed by atoms with Gasteiger partial charge in [0.2, 0.25) is 11.8 Å². The Hall–Kier alpha value is -2.72. The monoisotopic (exact) mass is 396 g/mol. The van der Waals surface area contributed by atoms with Crippen molar-refractivity contribution in [1.82, 2.24) is 15.3 Å². The number of aryl methyl sites for hydroxylation is 1. The molecule has 2 aromatic rings. The van der Waals surface area contributed by atoms with Crippen LogP contribution in [-0.2, 0) is 16.0 Å². The van der Waals surface area contributed by atoms with Gasteiger partial charge in [0.1, 0.15) is 11.4 Å². The van der Waals surface area contributed by atoms with Crippen LogP contribution in [0.5, 0.6) is 0 Å².